The molecular weight excluding hydrogens is 334 g/mol. The molecule has 27 heavy (non-hydrogen) atoms. The Morgan fingerprint density at radius 1 is 0.889 bits per heavy atom. The number of H-pyrrole nitrogens is 1. The molecule has 0 aliphatic carbocycles. The van der Waals surface area contributed by atoms with Crippen LogP contribution < -0.4 is 5.56 Å². The lowest BCUT2D eigenvalue weighted by molar-refractivity contribution is 0.104. The second-order valence-corrected chi connectivity index (χ2v) is 6.77. The van der Waals surface area contributed by atoms with Crippen LogP contribution in [0.5, 0.6) is 0 Å². The zero-order chi connectivity index (χ0) is 19.0. The molecule has 0 bridgehead atoms. The first-order chi connectivity index (χ1) is 13.0. The third kappa shape index (κ3) is 3.08. The van der Waals surface area contributed by atoms with Gasteiger partial charge in [-0.25, -0.2) is 0 Å². The summed E-state index contributed by atoms with van der Waals surface area (Å²) in [5.74, 6) is -0.286. The number of ketones is 1. The van der Waals surface area contributed by atoms with Crippen LogP contribution in [0.15, 0.2) is 71.5 Å². The quantitative estimate of drug-likeness (QED) is 0.313. The number of hydrogen-bond donors (Lipinski definition) is 1. The van der Waals surface area contributed by atoms with Crippen molar-refractivity contribution in [2.24, 2.45) is 0 Å². The normalized spacial score (nSPS) is 11.5. The van der Waals surface area contributed by atoms with Crippen LogP contribution in [0.4, 0.5) is 0 Å². The van der Waals surface area contributed by atoms with Crippen molar-refractivity contribution in [1.29, 1.82) is 0 Å². The fourth-order valence-corrected chi connectivity index (χ4v) is 3.63. The SMILES string of the molecule is Cc1cc(C)c(C(=O)C=Cc2c3ccccc3cc3ccccc23)c(=O)[nH]1. The highest BCUT2D eigenvalue weighted by Gasteiger charge is 2.12. The smallest absolute Gasteiger partial charge is 0.259 e. The molecule has 1 aromatic heterocycles. The van der Waals surface area contributed by atoms with Gasteiger partial charge in [-0.05, 0) is 70.8 Å². The maximum absolute atomic E-state index is 12.7. The van der Waals surface area contributed by atoms with E-state index < -0.39 is 0 Å². The molecule has 0 aliphatic heterocycles. The molecule has 0 saturated heterocycles. The minimum atomic E-state index is -0.343. The number of rotatable bonds is 3. The number of carbonyl (C=O) groups excluding carboxylic acids is 1. The first-order valence-corrected chi connectivity index (χ1v) is 8.88. The highest BCUT2D eigenvalue weighted by molar-refractivity contribution is 6.12. The van der Waals surface area contributed by atoms with Gasteiger partial charge in [0, 0.05) is 5.69 Å². The number of hydrogen-bond acceptors (Lipinski definition) is 2. The maximum Gasteiger partial charge on any atom is 0.259 e. The average molecular weight is 353 g/mol. The Balaban J connectivity index is 1.88. The van der Waals surface area contributed by atoms with Gasteiger partial charge in [-0.2, -0.15) is 0 Å². The van der Waals surface area contributed by atoms with E-state index >= 15 is 0 Å². The number of carbonyl (C=O) groups is 1. The number of fused-ring (bicyclic) bond motifs is 2. The molecule has 0 unspecified atom stereocenters. The zero-order valence-electron chi connectivity index (χ0n) is 15.2. The molecule has 132 valence electrons. The molecule has 0 radical (unpaired) electrons. The molecule has 0 saturated carbocycles. The summed E-state index contributed by atoms with van der Waals surface area (Å²) in [4.78, 5) is 27.7. The standard InChI is InChI=1S/C24H19NO2/c1-15-13-16(2)25-24(27)23(15)22(26)12-11-21-19-9-5-3-7-17(19)14-18-8-4-6-10-20(18)21/h3-14H,1-2H3,(H,25,27). The van der Waals surface area contributed by atoms with Crippen LogP contribution in [0, 0.1) is 13.8 Å². The van der Waals surface area contributed by atoms with Crippen molar-refractivity contribution in [3.63, 3.8) is 0 Å². The van der Waals surface area contributed by atoms with Crippen molar-refractivity contribution in [2.45, 2.75) is 13.8 Å². The topological polar surface area (TPSA) is 49.9 Å². The molecule has 3 aromatic carbocycles. The van der Waals surface area contributed by atoms with Gasteiger partial charge < -0.3 is 4.98 Å². The maximum atomic E-state index is 12.7. The van der Waals surface area contributed by atoms with Gasteiger partial charge in [0.25, 0.3) is 5.56 Å². The number of aryl methyl sites for hydroxylation is 2. The van der Waals surface area contributed by atoms with Crippen LogP contribution in [0.3, 0.4) is 0 Å². The number of pyridine rings is 1. The van der Waals surface area contributed by atoms with Crippen molar-refractivity contribution in [3.05, 3.63) is 99.5 Å². The summed E-state index contributed by atoms with van der Waals surface area (Å²) in [6.45, 7) is 3.59. The number of allylic oxidation sites excluding steroid dienone is 1. The van der Waals surface area contributed by atoms with Gasteiger partial charge in [-0.3, -0.25) is 9.59 Å². The van der Waals surface area contributed by atoms with Gasteiger partial charge in [0.2, 0.25) is 0 Å². The molecule has 4 aromatic rings. The summed E-state index contributed by atoms with van der Waals surface area (Å²) in [6.07, 6.45) is 3.33. The molecule has 3 heteroatoms. The average Bonchev–Trinajstić information content (AvgIpc) is 2.64. The predicted molar refractivity (Wildman–Crippen MR) is 111 cm³/mol. The molecule has 4 rings (SSSR count). The van der Waals surface area contributed by atoms with E-state index in [1.165, 1.54) is 6.08 Å². The van der Waals surface area contributed by atoms with Crippen LogP contribution in [0.25, 0.3) is 27.6 Å². The summed E-state index contributed by atoms with van der Waals surface area (Å²) >= 11 is 0. The van der Waals surface area contributed by atoms with E-state index in [4.69, 9.17) is 0 Å². The third-order valence-corrected chi connectivity index (χ3v) is 4.83. The molecular formula is C24H19NO2. The second kappa shape index (κ2) is 6.69. The molecule has 0 aliphatic rings. The lowest BCUT2D eigenvalue weighted by atomic mass is 9.96. The summed E-state index contributed by atoms with van der Waals surface area (Å²) in [6, 6.07) is 20.2. The van der Waals surface area contributed by atoms with E-state index in [9.17, 15) is 9.59 Å². The van der Waals surface area contributed by atoms with Crippen molar-refractivity contribution in [3.8, 4) is 0 Å². The van der Waals surface area contributed by atoms with Gasteiger partial charge in [0.15, 0.2) is 5.78 Å². The van der Waals surface area contributed by atoms with Gasteiger partial charge in [-0.1, -0.05) is 48.5 Å². The number of nitrogens with one attached hydrogen (secondary N) is 1. The Labute approximate surface area is 157 Å². The van der Waals surface area contributed by atoms with Gasteiger partial charge >= 0.3 is 0 Å². The van der Waals surface area contributed by atoms with E-state index in [1.54, 1.807) is 13.8 Å². The third-order valence-electron chi connectivity index (χ3n) is 4.83. The van der Waals surface area contributed by atoms with E-state index in [-0.39, 0.29) is 16.9 Å². The zero-order valence-corrected chi connectivity index (χ0v) is 15.2. The van der Waals surface area contributed by atoms with Gasteiger partial charge in [0.05, 0.1) is 5.56 Å². The van der Waals surface area contributed by atoms with Crippen molar-refractivity contribution < 1.29 is 4.79 Å². The van der Waals surface area contributed by atoms with E-state index in [0.717, 1.165) is 32.8 Å². The summed E-state index contributed by atoms with van der Waals surface area (Å²) in [5, 5.41) is 4.39. The van der Waals surface area contributed by atoms with E-state index in [0.29, 0.717) is 5.56 Å². The fourth-order valence-electron chi connectivity index (χ4n) is 3.63. The fraction of sp³-hybridized carbons (Fsp3) is 0.0833. The van der Waals surface area contributed by atoms with E-state index in [1.807, 2.05) is 36.4 Å². The van der Waals surface area contributed by atoms with Crippen LogP contribution >= 0.6 is 0 Å². The van der Waals surface area contributed by atoms with Crippen LogP contribution in [0.1, 0.15) is 27.2 Å². The highest BCUT2D eigenvalue weighted by atomic mass is 16.1. The second-order valence-electron chi connectivity index (χ2n) is 6.77. The lowest BCUT2D eigenvalue weighted by Gasteiger charge is -2.08. The van der Waals surface area contributed by atoms with Gasteiger partial charge in [0.1, 0.15) is 0 Å². The Hall–Kier alpha value is -3.46. The summed E-state index contributed by atoms with van der Waals surface area (Å²) in [7, 11) is 0. The minimum Gasteiger partial charge on any atom is -0.326 e. The highest BCUT2D eigenvalue weighted by Crippen LogP contribution is 2.29. The number of benzene rings is 3. The van der Waals surface area contributed by atoms with Gasteiger partial charge in [-0.15, -0.1) is 0 Å². The molecule has 3 nitrogen and oxygen atoms in total. The molecule has 0 fully saturated rings. The van der Waals surface area contributed by atoms with E-state index in [2.05, 4.69) is 35.3 Å². The molecule has 0 spiro atoms. The first kappa shape index (κ1) is 17.0. The van der Waals surface area contributed by atoms with Crippen LogP contribution in [-0.4, -0.2) is 10.8 Å². The lowest BCUT2D eigenvalue weighted by Crippen LogP contribution is -2.19. The molecule has 1 N–H and O–H groups in total. The van der Waals surface area contributed by atoms with Crippen molar-refractivity contribution in [1.82, 2.24) is 4.98 Å². The molecule has 0 amide bonds. The molecule has 1 heterocycles. The summed E-state index contributed by atoms with van der Waals surface area (Å²) < 4.78 is 0. The van der Waals surface area contributed by atoms with Crippen LogP contribution in [0.2, 0.25) is 0 Å². The molecule has 0 atom stereocenters. The monoisotopic (exact) mass is 353 g/mol. The first-order valence-electron chi connectivity index (χ1n) is 8.88. The van der Waals surface area contributed by atoms with Crippen LogP contribution in [-0.2, 0) is 0 Å². The minimum absolute atomic E-state index is 0.196. The van der Waals surface area contributed by atoms with Crippen molar-refractivity contribution >= 4 is 33.4 Å². The predicted octanol–water partition coefficient (Wildman–Crippen LogP) is 5.19. The number of aromatic amines is 1. The van der Waals surface area contributed by atoms with Crippen molar-refractivity contribution in [2.75, 3.05) is 0 Å². The Morgan fingerprint density at radius 3 is 2.07 bits per heavy atom. The largest absolute Gasteiger partial charge is 0.326 e. The Morgan fingerprint density at radius 2 is 1.48 bits per heavy atom. The number of aromatic nitrogens is 1. The Bertz CT molecular complexity index is 1220. The Kier molecular flexibility index (Phi) is 4.21. The summed E-state index contributed by atoms with van der Waals surface area (Å²) in [5.41, 5.74) is 2.27.